The molecule has 1 saturated carbocycles. The molecule has 2 aliphatic rings. The van der Waals surface area contributed by atoms with Gasteiger partial charge in [-0.1, -0.05) is 0 Å². The van der Waals surface area contributed by atoms with Crippen molar-refractivity contribution in [1.82, 2.24) is 4.90 Å². The van der Waals surface area contributed by atoms with Crippen LogP contribution in [0.1, 0.15) is 37.6 Å². The molecule has 1 aromatic rings. The van der Waals surface area contributed by atoms with Gasteiger partial charge >= 0.3 is 12.1 Å². The molecule has 1 saturated heterocycles. The predicted octanol–water partition coefficient (Wildman–Crippen LogP) is 2.73. The first kappa shape index (κ1) is 20.1. The molecular formula is C20H29N3O5. The number of carbonyl (C=O) groups excluding carboxylic acids is 2. The average Bonchev–Trinajstić information content (AvgIpc) is 2.64. The second kappa shape index (κ2) is 7.41. The van der Waals surface area contributed by atoms with Crippen molar-refractivity contribution in [2.75, 3.05) is 38.4 Å². The molecule has 1 aliphatic carbocycles. The molecule has 1 amide bonds. The van der Waals surface area contributed by atoms with Gasteiger partial charge in [0.25, 0.3) is 0 Å². The van der Waals surface area contributed by atoms with Crippen LogP contribution in [-0.2, 0) is 9.47 Å². The first-order chi connectivity index (χ1) is 13.1. The van der Waals surface area contributed by atoms with Crippen molar-refractivity contribution < 1.29 is 23.8 Å². The van der Waals surface area contributed by atoms with Crippen LogP contribution in [-0.4, -0.2) is 55.9 Å². The standard InChI is InChI=1S/C20H29N3O5/c1-20(2,3)28-19(25)23-9-11-6-12(10-23)17(11)22-15-7-13(18(24)27-5)14(21)8-16(15)26-4/h7-8,11-12,17,22H,6,9-10,21H2,1-5H3/t11-,12+,17-. The monoisotopic (exact) mass is 391 g/mol. The summed E-state index contributed by atoms with van der Waals surface area (Å²) in [4.78, 5) is 26.1. The number of nitrogens with zero attached hydrogens (tertiary/aromatic N) is 1. The lowest BCUT2D eigenvalue weighted by Gasteiger charge is -2.53. The predicted molar refractivity (Wildman–Crippen MR) is 106 cm³/mol. The van der Waals surface area contributed by atoms with Crippen molar-refractivity contribution in [1.29, 1.82) is 0 Å². The molecule has 28 heavy (non-hydrogen) atoms. The maximum absolute atomic E-state index is 12.3. The Morgan fingerprint density at radius 2 is 1.82 bits per heavy atom. The fraction of sp³-hybridized carbons (Fsp3) is 0.600. The Hall–Kier alpha value is -2.64. The van der Waals surface area contributed by atoms with Crippen LogP contribution in [0, 0.1) is 11.8 Å². The third kappa shape index (κ3) is 3.95. The van der Waals surface area contributed by atoms with Gasteiger partial charge in [-0.2, -0.15) is 0 Å². The number of fused-ring (bicyclic) bond motifs is 2. The number of benzene rings is 1. The Kier molecular flexibility index (Phi) is 5.32. The van der Waals surface area contributed by atoms with Crippen LogP contribution in [0.3, 0.4) is 0 Å². The van der Waals surface area contributed by atoms with Crippen LogP contribution in [0.5, 0.6) is 5.75 Å². The van der Waals surface area contributed by atoms with E-state index in [4.69, 9.17) is 19.9 Å². The topological polar surface area (TPSA) is 103 Å². The molecule has 3 atom stereocenters. The van der Waals surface area contributed by atoms with E-state index in [0.29, 0.717) is 47.6 Å². The second-order valence-corrected chi connectivity index (χ2v) is 8.44. The molecule has 2 fully saturated rings. The molecule has 1 aromatic carbocycles. The number of rotatable bonds is 4. The van der Waals surface area contributed by atoms with Gasteiger partial charge in [-0.25, -0.2) is 9.59 Å². The van der Waals surface area contributed by atoms with Crippen LogP contribution in [0.25, 0.3) is 0 Å². The lowest BCUT2D eigenvalue weighted by atomic mass is 9.66. The summed E-state index contributed by atoms with van der Waals surface area (Å²) in [5, 5.41) is 3.49. The molecule has 3 N–H and O–H groups in total. The van der Waals surface area contributed by atoms with E-state index in [1.165, 1.54) is 7.11 Å². The summed E-state index contributed by atoms with van der Waals surface area (Å²) in [6.45, 7) is 6.89. The lowest BCUT2D eigenvalue weighted by Crippen LogP contribution is -2.62. The largest absolute Gasteiger partial charge is 0.495 e. The number of nitrogens with two attached hydrogens (primary N) is 1. The molecule has 1 aliphatic heterocycles. The van der Waals surface area contributed by atoms with Gasteiger partial charge in [-0.15, -0.1) is 0 Å². The van der Waals surface area contributed by atoms with Gasteiger partial charge in [0.15, 0.2) is 0 Å². The van der Waals surface area contributed by atoms with Crippen LogP contribution in [0.2, 0.25) is 0 Å². The highest BCUT2D eigenvalue weighted by Gasteiger charge is 2.48. The first-order valence-electron chi connectivity index (χ1n) is 9.43. The summed E-state index contributed by atoms with van der Waals surface area (Å²) >= 11 is 0. The smallest absolute Gasteiger partial charge is 0.410 e. The van der Waals surface area contributed by atoms with E-state index in [1.807, 2.05) is 20.8 Å². The second-order valence-electron chi connectivity index (χ2n) is 8.44. The molecular weight excluding hydrogens is 362 g/mol. The number of ether oxygens (including phenoxy) is 3. The van der Waals surface area contributed by atoms with Crippen LogP contribution in [0.15, 0.2) is 12.1 Å². The van der Waals surface area contributed by atoms with Crippen LogP contribution in [0.4, 0.5) is 16.2 Å². The van der Waals surface area contributed by atoms with Crippen molar-refractivity contribution in [3.05, 3.63) is 17.7 Å². The molecule has 3 rings (SSSR count). The number of carbonyl (C=O) groups is 2. The van der Waals surface area contributed by atoms with Crippen LogP contribution >= 0.6 is 0 Å². The van der Waals surface area contributed by atoms with Gasteiger partial charge in [-0.3, -0.25) is 0 Å². The van der Waals surface area contributed by atoms with E-state index < -0.39 is 11.6 Å². The summed E-state index contributed by atoms with van der Waals surface area (Å²) in [7, 11) is 2.88. The summed E-state index contributed by atoms with van der Waals surface area (Å²) in [5.74, 6) is 0.706. The fourth-order valence-electron chi connectivity index (χ4n) is 3.94. The number of likely N-dealkylation sites (tertiary alicyclic amines) is 1. The molecule has 0 spiro atoms. The molecule has 154 valence electrons. The van der Waals surface area contributed by atoms with Gasteiger partial charge in [0.05, 0.1) is 25.5 Å². The third-order valence-electron chi connectivity index (χ3n) is 5.28. The van der Waals surface area contributed by atoms with E-state index >= 15 is 0 Å². The first-order valence-corrected chi connectivity index (χ1v) is 9.43. The quantitative estimate of drug-likeness (QED) is 0.601. The molecule has 0 aromatic heterocycles. The van der Waals surface area contributed by atoms with E-state index in [9.17, 15) is 9.59 Å². The van der Waals surface area contributed by atoms with Crippen molar-refractivity contribution in [2.45, 2.75) is 38.8 Å². The van der Waals surface area contributed by atoms with Crippen molar-refractivity contribution in [2.24, 2.45) is 11.8 Å². The fourth-order valence-corrected chi connectivity index (χ4v) is 3.94. The maximum atomic E-state index is 12.3. The highest BCUT2D eigenvalue weighted by Crippen LogP contribution is 2.44. The van der Waals surface area contributed by atoms with Gasteiger partial charge in [0, 0.05) is 30.9 Å². The summed E-state index contributed by atoms with van der Waals surface area (Å²) in [5.41, 5.74) is 6.74. The zero-order chi connectivity index (χ0) is 20.6. The maximum Gasteiger partial charge on any atom is 0.410 e. The Morgan fingerprint density at radius 3 is 2.36 bits per heavy atom. The van der Waals surface area contributed by atoms with Crippen molar-refractivity contribution in [3.63, 3.8) is 0 Å². The number of nitrogens with one attached hydrogen (secondary N) is 1. The third-order valence-corrected chi connectivity index (χ3v) is 5.28. The van der Waals surface area contributed by atoms with Gasteiger partial charge < -0.3 is 30.2 Å². The lowest BCUT2D eigenvalue weighted by molar-refractivity contribution is -0.0223. The summed E-state index contributed by atoms with van der Waals surface area (Å²) < 4.78 is 15.7. The Balaban J connectivity index is 1.71. The molecule has 2 bridgehead atoms. The number of anilines is 2. The highest BCUT2D eigenvalue weighted by atomic mass is 16.6. The SMILES string of the molecule is COC(=O)c1cc(N[C@@H]2[C@@H]3C[C@H]2CN(C(=O)OC(C)(C)C)C3)c(OC)cc1N. The van der Waals surface area contributed by atoms with E-state index in [-0.39, 0.29) is 12.1 Å². The molecule has 8 nitrogen and oxygen atoms in total. The Bertz CT molecular complexity index is 762. The molecule has 0 unspecified atom stereocenters. The zero-order valence-electron chi connectivity index (χ0n) is 17.1. The molecule has 0 radical (unpaired) electrons. The van der Waals surface area contributed by atoms with E-state index in [1.54, 1.807) is 24.1 Å². The average molecular weight is 391 g/mol. The minimum absolute atomic E-state index is 0.196. The van der Waals surface area contributed by atoms with Crippen molar-refractivity contribution in [3.8, 4) is 5.75 Å². The minimum Gasteiger partial charge on any atom is -0.495 e. The number of methoxy groups -OCH3 is 2. The number of nitrogen functional groups attached to an aromatic ring is 1. The zero-order valence-corrected chi connectivity index (χ0v) is 17.1. The van der Waals surface area contributed by atoms with E-state index in [0.717, 1.165) is 6.42 Å². The van der Waals surface area contributed by atoms with Gasteiger partial charge in [0.1, 0.15) is 11.4 Å². The molecule has 8 heteroatoms. The molecule has 1 heterocycles. The number of hydrogen-bond acceptors (Lipinski definition) is 7. The summed E-state index contributed by atoms with van der Waals surface area (Å²) in [6, 6.07) is 3.48. The number of esters is 1. The number of amides is 1. The van der Waals surface area contributed by atoms with Crippen molar-refractivity contribution >= 4 is 23.4 Å². The summed E-state index contributed by atoms with van der Waals surface area (Å²) in [6.07, 6.45) is 0.789. The Labute approximate surface area is 165 Å². The number of hydrogen-bond donors (Lipinski definition) is 2. The van der Waals surface area contributed by atoms with Gasteiger partial charge in [-0.05, 0) is 45.1 Å². The Morgan fingerprint density at radius 1 is 1.18 bits per heavy atom. The number of piperidine rings is 2. The van der Waals surface area contributed by atoms with Gasteiger partial charge in [0.2, 0.25) is 0 Å². The normalized spacial score (nSPS) is 23.5. The van der Waals surface area contributed by atoms with Crippen LogP contribution < -0.4 is 15.8 Å². The van der Waals surface area contributed by atoms with E-state index in [2.05, 4.69) is 5.32 Å². The minimum atomic E-state index is -0.502. The highest BCUT2D eigenvalue weighted by molar-refractivity contribution is 5.97.